The number of carbonyl (C=O) groups is 4. The quantitative estimate of drug-likeness (QED) is 0.488. The number of Topliss-reactive ketones (excluding diaryl/α,β-unsaturated/α-hetero) is 1. The van der Waals surface area contributed by atoms with Crippen molar-refractivity contribution in [2.75, 3.05) is 38.2 Å². The van der Waals surface area contributed by atoms with Crippen LogP contribution in [0.4, 0.5) is 5.69 Å². The molecule has 0 spiro atoms. The molecular weight excluding hydrogens is 496 g/mol. The maximum Gasteiger partial charge on any atom is 0.252 e. The first kappa shape index (κ1) is 30.6. The molecule has 2 aliphatic heterocycles. The van der Waals surface area contributed by atoms with Crippen LogP contribution in [-0.4, -0.2) is 90.8 Å². The Morgan fingerprint density at radius 3 is 2.18 bits per heavy atom. The van der Waals surface area contributed by atoms with E-state index in [1.165, 1.54) is 7.11 Å². The van der Waals surface area contributed by atoms with Crippen molar-refractivity contribution >= 4 is 29.2 Å². The zero-order chi connectivity index (χ0) is 29.1. The predicted octanol–water partition coefficient (Wildman–Crippen LogP) is 3.12. The molecule has 0 aromatic heterocycles. The maximum absolute atomic E-state index is 13.8. The molecule has 4 atom stereocenters. The van der Waals surface area contributed by atoms with E-state index in [0.717, 1.165) is 18.8 Å². The fourth-order valence-electron chi connectivity index (χ4n) is 5.88. The van der Waals surface area contributed by atoms with E-state index in [2.05, 4.69) is 24.1 Å². The Bertz CT molecular complexity index is 1040. The van der Waals surface area contributed by atoms with Crippen molar-refractivity contribution < 1.29 is 23.9 Å². The van der Waals surface area contributed by atoms with Gasteiger partial charge in [0, 0.05) is 38.0 Å². The van der Waals surface area contributed by atoms with E-state index in [1.807, 2.05) is 46.8 Å². The summed E-state index contributed by atoms with van der Waals surface area (Å²) < 4.78 is 5.51. The lowest BCUT2D eigenvalue weighted by molar-refractivity contribution is -0.150. The van der Waals surface area contributed by atoms with E-state index in [4.69, 9.17) is 4.74 Å². The number of nitrogens with zero attached hydrogens (tertiary/aromatic N) is 3. The van der Waals surface area contributed by atoms with Gasteiger partial charge in [0.1, 0.15) is 18.2 Å². The lowest BCUT2D eigenvalue weighted by Crippen LogP contribution is -2.53. The summed E-state index contributed by atoms with van der Waals surface area (Å²) >= 11 is 0. The molecule has 1 aromatic carbocycles. The molecule has 2 heterocycles. The number of ether oxygens (including phenoxy) is 1. The van der Waals surface area contributed by atoms with E-state index in [0.29, 0.717) is 24.9 Å². The molecule has 3 amide bonds. The van der Waals surface area contributed by atoms with Crippen LogP contribution in [0.1, 0.15) is 71.7 Å². The second kappa shape index (κ2) is 12.5. The van der Waals surface area contributed by atoms with Crippen LogP contribution in [0.5, 0.6) is 0 Å². The topological polar surface area (TPSA) is 99.3 Å². The number of amides is 3. The summed E-state index contributed by atoms with van der Waals surface area (Å²) in [7, 11) is 1.50. The van der Waals surface area contributed by atoms with Crippen LogP contribution in [0.2, 0.25) is 0 Å². The summed E-state index contributed by atoms with van der Waals surface area (Å²) in [4.78, 5) is 58.9. The standard InChI is InChI=1S/C30H46N4O5/c1-9-32(10-2)21-13-11-20(12-14-21)27(36)31-22(17-19(3)4)28(37)33-16-15-23-25(33)24(35)18-34(23)29(38)26(39-8)30(5,6)7/h11-14,19,22-23,25-26H,9-10,15-18H2,1-8H3,(H,31,36). The third kappa shape index (κ3) is 6.62. The molecule has 9 heteroatoms. The third-order valence-electron chi connectivity index (χ3n) is 7.80. The smallest absolute Gasteiger partial charge is 0.252 e. The molecule has 0 aliphatic carbocycles. The largest absolute Gasteiger partial charge is 0.372 e. The second-order valence-corrected chi connectivity index (χ2v) is 12.1. The van der Waals surface area contributed by atoms with Crippen LogP contribution >= 0.6 is 0 Å². The Balaban J connectivity index is 1.77. The van der Waals surface area contributed by atoms with Gasteiger partial charge < -0.3 is 24.8 Å². The highest BCUT2D eigenvalue weighted by molar-refractivity contribution is 6.01. The molecule has 3 rings (SSSR count). The average Bonchev–Trinajstić information content (AvgIpc) is 3.45. The highest BCUT2D eigenvalue weighted by Gasteiger charge is 2.53. The van der Waals surface area contributed by atoms with Crippen molar-refractivity contribution in [1.82, 2.24) is 15.1 Å². The van der Waals surface area contributed by atoms with Gasteiger partial charge in [0.05, 0.1) is 12.6 Å². The summed E-state index contributed by atoms with van der Waals surface area (Å²) in [6, 6.07) is 5.54. The Morgan fingerprint density at radius 1 is 1.05 bits per heavy atom. The van der Waals surface area contributed by atoms with Crippen LogP contribution in [-0.2, 0) is 19.1 Å². The Kier molecular flexibility index (Phi) is 9.80. The molecule has 39 heavy (non-hydrogen) atoms. The van der Waals surface area contributed by atoms with Gasteiger partial charge in [-0.2, -0.15) is 0 Å². The Labute approximate surface area is 233 Å². The lowest BCUT2D eigenvalue weighted by Gasteiger charge is -2.33. The van der Waals surface area contributed by atoms with Gasteiger partial charge in [-0.05, 0) is 62.3 Å². The van der Waals surface area contributed by atoms with Gasteiger partial charge in [-0.3, -0.25) is 19.2 Å². The molecule has 0 radical (unpaired) electrons. The summed E-state index contributed by atoms with van der Waals surface area (Å²) in [6.07, 6.45) is 0.279. The van der Waals surface area contributed by atoms with Crippen molar-refractivity contribution in [3.8, 4) is 0 Å². The van der Waals surface area contributed by atoms with Gasteiger partial charge in [-0.15, -0.1) is 0 Å². The van der Waals surface area contributed by atoms with Gasteiger partial charge in [0.15, 0.2) is 5.78 Å². The molecular formula is C30H46N4O5. The lowest BCUT2D eigenvalue weighted by atomic mass is 9.88. The number of benzene rings is 1. The molecule has 2 aliphatic rings. The first-order valence-corrected chi connectivity index (χ1v) is 14.2. The minimum Gasteiger partial charge on any atom is -0.372 e. The van der Waals surface area contributed by atoms with E-state index < -0.39 is 23.6 Å². The number of hydrogen-bond acceptors (Lipinski definition) is 6. The van der Waals surface area contributed by atoms with Gasteiger partial charge in [0.25, 0.3) is 11.8 Å². The van der Waals surface area contributed by atoms with Crippen LogP contribution < -0.4 is 10.2 Å². The highest BCUT2D eigenvalue weighted by Crippen LogP contribution is 2.33. The molecule has 0 saturated carbocycles. The maximum atomic E-state index is 13.8. The number of nitrogens with one attached hydrogen (secondary N) is 1. The zero-order valence-electron chi connectivity index (χ0n) is 24.8. The Hall–Kier alpha value is -2.94. The van der Waals surface area contributed by atoms with E-state index >= 15 is 0 Å². The van der Waals surface area contributed by atoms with Crippen molar-refractivity contribution in [3.05, 3.63) is 29.8 Å². The average molecular weight is 543 g/mol. The van der Waals surface area contributed by atoms with Crippen molar-refractivity contribution in [2.45, 2.75) is 85.5 Å². The monoisotopic (exact) mass is 542 g/mol. The van der Waals surface area contributed by atoms with E-state index in [1.54, 1.807) is 21.9 Å². The van der Waals surface area contributed by atoms with Gasteiger partial charge in [-0.1, -0.05) is 34.6 Å². The van der Waals surface area contributed by atoms with Gasteiger partial charge in [-0.25, -0.2) is 0 Å². The molecule has 9 nitrogen and oxygen atoms in total. The molecule has 1 N–H and O–H groups in total. The third-order valence-corrected chi connectivity index (χ3v) is 7.80. The number of methoxy groups -OCH3 is 1. The van der Waals surface area contributed by atoms with Gasteiger partial charge >= 0.3 is 0 Å². The molecule has 216 valence electrons. The summed E-state index contributed by atoms with van der Waals surface area (Å²) in [5.74, 6) is -0.816. The minimum atomic E-state index is -0.766. The normalized spacial score (nSPS) is 20.7. The van der Waals surface area contributed by atoms with Crippen molar-refractivity contribution in [2.24, 2.45) is 11.3 Å². The van der Waals surface area contributed by atoms with Gasteiger partial charge in [0.2, 0.25) is 5.91 Å². The number of ketones is 1. The number of hydrogen-bond donors (Lipinski definition) is 1. The number of anilines is 1. The fourth-order valence-corrected chi connectivity index (χ4v) is 5.88. The summed E-state index contributed by atoms with van der Waals surface area (Å²) in [5, 5.41) is 2.94. The van der Waals surface area contributed by atoms with Crippen molar-refractivity contribution in [3.63, 3.8) is 0 Å². The number of rotatable bonds is 10. The Morgan fingerprint density at radius 2 is 1.67 bits per heavy atom. The first-order chi connectivity index (χ1) is 18.3. The zero-order valence-corrected chi connectivity index (χ0v) is 24.8. The van der Waals surface area contributed by atoms with Crippen LogP contribution in [0, 0.1) is 11.3 Å². The van der Waals surface area contributed by atoms with Crippen LogP contribution in [0.15, 0.2) is 24.3 Å². The SMILES string of the molecule is CCN(CC)c1ccc(C(=O)NC(CC(C)C)C(=O)N2CCC3C2C(=O)CN3C(=O)C(OC)C(C)(C)C)cc1. The molecule has 4 unspecified atom stereocenters. The minimum absolute atomic E-state index is 0.0338. The molecule has 0 bridgehead atoms. The molecule has 2 fully saturated rings. The fraction of sp³-hybridized carbons (Fsp3) is 0.667. The summed E-state index contributed by atoms with van der Waals surface area (Å²) in [6.45, 7) is 16.0. The van der Waals surface area contributed by atoms with Crippen LogP contribution in [0.25, 0.3) is 0 Å². The molecule has 2 saturated heterocycles. The highest BCUT2D eigenvalue weighted by atomic mass is 16.5. The second-order valence-electron chi connectivity index (χ2n) is 12.1. The predicted molar refractivity (Wildman–Crippen MR) is 152 cm³/mol. The van der Waals surface area contributed by atoms with Crippen molar-refractivity contribution in [1.29, 1.82) is 0 Å². The van der Waals surface area contributed by atoms with E-state index in [9.17, 15) is 19.2 Å². The number of fused-ring (bicyclic) bond motifs is 1. The van der Waals surface area contributed by atoms with E-state index in [-0.39, 0.29) is 42.0 Å². The van der Waals surface area contributed by atoms with Crippen LogP contribution in [0.3, 0.4) is 0 Å². The number of carbonyl (C=O) groups excluding carboxylic acids is 4. The molecule has 1 aromatic rings. The first-order valence-electron chi connectivity index (χ1n) is 14.2. The number of likely N-dealkylation sites (tertiary alicyclic amines) is 2. The summed E-state index contributed by atoms with van der Waals surface area (Å²) in [5.41, 5.74) is 1.08.